The molecule has 2 N–H and O–H groups in total. The third-order valence-corrected chi connectivity index (χ3v) is 5.38. The van der Waals surface area contributed by atoms with Gasteiger partial charge in [0.05, 0.1) is 22.5 Å². The summed E-state index contributed by atoms with van der Waals surface area (Å²) >= 11 is 3.13. The van der Waals surface area contributed by atoms with Crippen molar-refractivity contribution in [3.63, 3.8) is 0 Å². The lowest BCUT2D eigenvalue weighted by Crippen LogP contribution is -3.08. The Labute approximate surface area is 160 Å². The molecule has 0 spiro atoms. The molecule has 2 aromatic rings. The second-order valence-corrected chi connectivity index (χ2v) is 7.36. The van der Waals surface area contributed by atoms with Crippen molar-refractivity contribution >= 4 is 27.5 Å². The summed E-state index contributed by atoms with van der Waals surface area (Å²) in [4.78, 5) is 24.5. The molecule has 7 heteroatoms. The van der Waals surface area contributed by atoms with Gasteiger partial charge in [-0.15, -0.1) is 0 Å². The van der Waals surface area contributed by atoms with E-state index in [9.17, 15) is 14.9 Å². The van der Waals surface area contributed by atoms with Gasteiger partial charge in [0.2, 0.25) is 0 Å². The van der Waals surface area contributed by atoms with Crippen molar-refractivity contribution < 1.29 is 14.6 Å². The van der Waals surface area contributed by atoms with Gasteiger partial charge in [-0.1, -0.05) is 24.3 Å². The molecule has 0 bridgehead atoms. The van der Waals surface area contributed by atoms with Crippen LogP contribution in [0.4, 0.5) is 5.69 Å². The fourth-order valence-electron chi connectivity index (χ4n) is 3.29. The van der Waals surface area contributed by atoms with Gasteiger partial charge in [-0.05, 0) is 33.6 Å². The highest BCUT2D eigenvalue weighted by Crippen LogP contribution is 2.25. The minimum Gasteiger partial charge on any atom is -0.348 e. The van der Waals surface area contributed by atoms with Crippen LogP contribution in [0.2, 0.25) is 0 Å². The van der Waals surface area contributed by atoms with Crippen molar-refractivity contribution in [3.05, 3.63) is 73.7 Å². The summed E-state index contributed by atoms with van der Waals surface area (Å²) in [7, 11) is 0. The van der Waals surface area contributed by atoms with Gasteiger partial charge in [0.15, 0.2) is 0 Å². The fraction of sp³-hybridized carbons (Fsp3) is 0.316. The molecule has 0 radical (unpaired) electrons. The molecule has 136 valence electrons. The van der Waals surface area contributed by atoms with Gasteiger partial charge < -0.3 is 10.2 Å². The van der Waals surface area contributed by atoms with Crippen LogP contribution in [0.25, 0.3) is 0 Å². The molecule has 0 aliphatic carbocycles. The van der Waals surface area contributed by atoms with Crippen LogP contribution in [0.15, 0.2) is 46.9 Å². The van der Waals surface area contributed by atoms with Crippen molar-refractivity contribution in [2.45, 2.75) is 25.9 Å². The molecule has 2 aromatic carbocycles. The van der Waals surface area contributed by atoms with Crippen LogP contribution in [0, 0.1) is 10.1 Å². The monoisotopic (exact) mass is 418 g/mol. The van der Waals surface area contributed by atoms with E-state index in [-0.39, 0.29) is 17.2 Å². The fourth-order valence-corrected chi connectivity index (χ4v) is 3.69. The van der Waals surface area contributed by atoms with Crippen LogP contribution < -0.4 is 10.2 Å². The van der Waals surface area contributed by atoms with Gasteiger partial charge in [-0.3, -0.25) is 14.9 Å². The topological polar surface area (TPSA) is 76.7 Å². The molecule has 0 saturated carbocycles. The Morgan fingerprint density at radius 1 is 1.15 bits per heavy atom. The number of quaternary nitrogens is 1. The predicted octanol–water partition coefficient (Wildman–Crippen LogP) is 2.47. The number of hydrogen-bond donors (Lipinski definition) is 2. The lowest BCUT2D eigenvalue weighted by atomic mass is 10.1. The quantitative estimate of drug-likeness (QED) is 0.558. The van der Waals surface area contributed by atoms with Gasteiger partial charge in [-0.2, -0.15) is 0 Å². The summed E-state index contributed by atoms with van der Waals surface area (Å²) in [5.74, 6) is -0.316. The number of carbonyl (C=O) groups is 1. The maximum absolute atomic E-state index is 12.4. The highest BCUT2D eigenvalue weighted by molar-refractivity contribution is 9.10. The van der Waals surface area contributed by atoms with Crippen LogP contribution in [0.3, 0.4) is 0 Å². The summed E-state index contributed by atoms with van der Waals surface area (Å²) in [6.07, 6.45) is 2.55. The predicted molar refractivity (Wildman–Crippen MR) is 102 cm³/mol. The molecule has 1 aliphatic rings. The van der Waals surface area contributed by atoms with Crippen molar-refractivity contribution in [2.24, 2.45) is 0 Å². The molecular weight excluding hydrogens is 398 g/mol. The number of likely N-dealkylation sites (tertiary alicyclic amines) is 1. The number of rotatable bonds is 6. The molecule has 1 aliphatic heterocycles. The average Bonchev–Trinajstić information content (AvgIpc) is 3.14. The third kappa shape index (κ3) is 4.47. The van der Waals surface area contributed by atoms with Crippen LogP contribution in [0.1, 0.15) is 34.3 Å². The van der Waals surface area contributed by atoms with Crippen LogP contribution in [0.5, 0.6) is 0 Å². The number of nitro groups is 1. The molecule has 0 aromatic heterocycles. The molecule has 1 fully saturated rings. The van der Waals surface area contributed by atoms with E-state index in [1.807, 2.05) is 18.2 Å². The SMILES string of the molecule is O=C(NCc1ccccc1C[NH+]1CCCC1)c1ccc(Br)c([N+](=O)[O-])c1. The van der Waals surface area contributed by atoms with E-state index in [0.29, 0.717) is 11.0 Å². The second-order valence-electron chi connectivity index (χ2n) is 6.51. The first kappa shape index (κ1) is 18.5. The van der Waals surface area contributed by atoms with Crippen LogP contribution >= 0.6 is 15.9 Å². The Morgan fingerprint density at radius 2 is 1.85 bits per heavy atom. The van der Waals surface area contributed by atoms with E-state index < -0.39 is 4.92 Å². The normalized spacial score (nSPS) is 14.3. The highest BCUT2D eigenvalue weighted by Gasteiger charge is 2.18. The van der Waals surface area contributed by atoms with Crippen molar-refractivity contribution in [1.82, 2.24) is 5.32 Å². The number of carbonyl (C=O) groups excluding carboxylic acids is 1. The minimum atomic E-state index is -0.505. The van der Waals surface area contributed by atoms with E-state index >= 15 is 0 Å². The number of halogens is 1. The first-order valence-electron chi connectivity index (χ1n) is 8.67. The molecule has 1 amide bonds. The summed E-state index contributed by atoms with van der Waals surface area (Å²) in [6.45, 7) is 3.77. The smallest absolute Gasteiger partial charge is 0.284 e. The van der Waals surface area contributed by atoms with Gasteiger partial charge in [0.1, 0.15) is 6.54 Å². The standard InChI is InChI=1S/C19H20BrN3O3/c20-17-8-7-14(11-18(17)23(25)26)19(24)21-12-15-5-1-2-6-16(15)13-22-9-3-4-10-22/h1-2,5-8,11H,3-4,9-10,12-13H2,(H,21,24)/p+1. The Balaban J connectivity index is 1.68. The van der Waals surface area contributed by atoms with E-state index in [0.717, 1.165) is 12.1 Å². The van der Waals surface area contributed by atoms with Crippen molar-refractivity contribution in [3.8, 4) is 0 Å². The lowest BCUT2D eigenvalue weighted by molar-refractivity contribution is -0.901. The van der Waals surface area contributed by atoms with Crippen LogP contribution in [-0.2, 0) is 13.1 Å². The zero-order valence-corrected chi connectivity index (χ0v) is 15.9. The number of amides is 1. The Kier molecular flexibility index (Phi) is 6.00. The van der Waals surface area contributed by atoms with Gasteiger partial charge >= 0.3 is 0 Å². The van der Waals surface area contributed by atoms with Crippen molar-refractivity contribution in [2.75, 3.05) is 13.1 Å². The summed E-state index contributed by atoms with van der Waals surface area (Å²) in [5.41, 5.74) is 2.50. The number of nitrogens with zero attached hydrogens (tertiary/aromatic N) is 1. The molecule has 1 heterocycles. The van der Waals surface area contributed by atoms with E-state index in [1.54, 1.807) is 11.0 Å². The van der Waals surface area contributed by atoms with E-state index in [4.69, 9.17) is 0 Å². The Bertz CT molecular complexity index is 819. The van der Waals surface area contributed by atoms with Gasteiger partial charge in [-0.25, -0.2) is 0 Å². The summed E-state index contributed by atoms with van der Waals surface area (Å²) in [5, 5.41) is 13.9. The molecule has 1 saturated heterocycles. The number of benzene rings is 2. The third-order valence-electron chi connectivity index (χ3n) is 4.71. The van der Waals surface area contributed by atoms with Gasteiger partial charge in [0, 0.05) is 36.6 Å². The molecule has 0 unspecified atom stereocenters. The van der Waals surface area contributed by atoms with Crippen LogP contribution in [-0.4, -0.2) is 23.9 Å². The molecule has 26 heavy (non-hydrogen) atoms. The number of hydrogen-bond acceptors (Lipinski definition) is 3. The largest absolute Gasteiger partial charge is 0.348 e. The van der Waals surface area contributed by atoms with Crippen molar-refractivity contribution in [1.29, 1.82) is 0 Å². The first-order valence-corrected chi connectivity index (χ1v) is 9.46. The maximum atomic E-state index is 12.4. The maximum Gasteiger partial charge on any atom is 0.284 e. The van der Waals surface area contributed by atoms with E-state index in [2.05, 4.69) is 27.3 Å². The zero-order valence-electron chi connectivity index (χ0n) is 14.3. The average molecular weight is 419 g/mol. The molecule has 0 atom stereocenters. The highest BCUT2D eigenvalue weighted by atomic mass is 79.9. The summed E-state index contributed by atoms with van der Waals surface area (Å²) < 4.78 is 0.359. The molecule has 3 rings (SSSR count). The zero-order chi connectivity index (χ0) is 18.5. The minimum absolute atomic E-state index is 0.115. The number of nitrogens with one attached hydrogen (secondary N) is 2. The lowest BCUT2D eigenvalue weighted by Gasteiger charge is -2.15. The van der Waals surface area contributed by atoms with E-state index in [1.165, 1.54) is 43.6 Å². The molecule has 6 nitrogen and oxygen atoms in total. The first-order chi connectivity index (χ1) is 12.5. The Morgan fingerprint density at radius 3 is 2.54 bits per heavy atom. The number of nitro benzene ring substituents is 1. The Hall–Kier alpha value is -2.25. The second kappa shape index (κ2) is 8.42. The van der Waals surface area contributed by atoms with Gasteiger partial charge in [0.25, 0.3) is 11.6 Å². The summed E-state index contributed by atoms with van der Waals surface area (Å²) in [6, 6.07) is 12.5. The molecular formula is C19H21BrN3O3+.